The first-order chi connectivity index (χ1) is 7.33. The lowest BCUT2D eigenvalue weighted by Gasteiger charge is -2.15. The summed E-state index contributed by atoms with van der Waals surface area (Å²) in [5.74, 6) is 0.180. The molecule has 0 radical (unpaired) electrons. The Morgan fingerprint density at radius 1 is 1.40 bits per heavy atom. The molecule has 3 heteroatoms. The van der Waals surface area contributed by atoms with Gasteiger partial charge in [0.25, 0.3) is 0 Å². The maximum Gasteiger partial charge on any atom is 0.142 e. The van der Waals surface area contributed by atoms with E-state index in [1.54, 1.807) is 24.3 Å². The normalized spacial score (nSPS) is 13.7. The summed E-state index contributed by atoms with van der Waals surface area (Å²) < 4.78 is 18.7. The number of aldehydes is 1. The number of hydrogen-bond acceptors (Lipinski definition) is 2. The minimum absolute atomic E-state index is 0.316. The second-order valence-electron chi connectivity index (χ2n) is 3.09. The topological polar surface area (TPSA) is 26.3 Å². The van der Waals surface area contributed by atoms with Crippen molar-refractivity contribution in [3.05, 3.63) is 41.2 Å². The van der Waals surface area contributed by atoms with E-state index >= 15 is 0 Å². The van der Waals surface area contributed by atoms with Crippen LogP contribution in [0, 0.1) is 5.82 Å². The van der Waals surface area contributed by atoms with E-state index in [2.05, 4.69) is 0 Å². The van der Waals surface area contributed by atoms with E-state index in [1.807, 2.05) is 0 Å². The van der Waals surface area contributed by atoms with Crippen LogP contribution in [0.3, 0.4) is 0 Å². The zero-order valence-electron chi connectivity index (χ0n) is 7.94. The van der Waals surface area contributed by atoms with Crippen molar-refractivity contribution in [2.24, 2.45) is 0 Å². The van der Waals surface area contributed by atoms with Gasteiger partial charge in [-0.15, -0.1) is 0 Å². The lowest BCUT2D eigenvalue weighted by Crippen LogP contribution is -2.03. The molecule has 0 atom stereocenters. The van der Waals surface area contributed by atoms with Crippen molar-refractivity contribution in [1.29, 1.82) is 0 Å². The summed E-state index contributed by atoms with van der Waals surface area (Å²) in [6.07, 6.45) is 7.07. The van der Waals surface area contributed by atoms with E-state index in [0.29, 0.717) is 29.8 Å². The van der Waals surface area contributed by atoms with E-state index in [1.165, 1.54) is 12.1 Å². The third-order valence-corrected chi connectivity index (χ3v) is 2.14. The van der Waals surface area contributed by atoms with E-state index in [9.17, 15) is 9.18 Å². The molecule has 2 nitrogen and oxygen atoms in total. The van der Waals surface area contributed by atoms with E-state index < -0.39 is 0 Å². The molecule has 1 aliphatic heterocycles. The van der Waals surface area contributed by atoms with Crippen LogP contribution in [0.15, 0.2) is 24.3 Å². The zero-order chi connectivity index (χ0) is 10.7. The van der Waals surface area contributed by atoms with Crippen molar-refractivity contribution in [3.63, 3.8) is 0 Å². The fourth-order valence-corrected chi connectivity index (χ4v) is 1.48. The van der Waals surface area contributed by atoms with Gasteiger partial charge < -0.3 is 4.74 Å². The molecule has 76 valence electrons. The standard InChI is InChI=1S/C12H9FO2/c13-11-6-5-9(3-1-7-14)12-10(11)4-2-8-15-12/h1-7H,8H2. The third-order valence-electron chi connectivity index (χ3n) is 2.14. The molecule has 0 aliphatic carbocycles. The number of allylic oxidation sites excluding steroid dienone is 1. The molecule has 0 bridgehead atoms. The van der Waals surface area contributed by atoms with Crippen molar-refractivity contribution < 1.29 is 13.9 Å². The van der Waals surface area contributed by atoms with Crippen molar-refractivity contribution >= 4 is 18.4 Å². The van der Waals surface area contributed by atoms with Crippen LogP contribution in [0.25, 0.3) is 12.2 Å². The van der Waals surface area contributed by atoms with Crippen LogP contribution in [0.5, 0.6) is 5.75 Å². The first-order valence-corrected chi connectivity index (χ1v) is 4.56. The zero-order valence-corrected chi connectivity index (χ0v) is 7.94. The van der Waals surface area contributed by atoms with E-state index in [0.717, 1.165) is 0 Å². The highest BCUT2D eigenvalue weighted by Crippen LogP contribution is 2.31. The van der Waals surface area contributed by atoms with Gasteiger partial charge in [-0.2, -0.15) is 0 Å². The van der Waals surface area contributed by atoms with Crippen LogP contribution in [0.1, 0.15) is 11.1 Å². The molecule has 2 rings (SSSR count). The number of fused-ring (bicyclic) bond motifs is 1. The smallest absolute Gasteiger partial charge is 0.142 e. The fourth-order valence-electron chi connectivity index (χ4n) is 1.48. The Labute approximate surface area is 86.7 Å². The van der Waals surface area contributed by atoms with Crippen LogP contribution in [-0.2, 0) is 4.79 Å². The molecule has 1 aromatic rings. The van der Waals surface area contributed by atoms with Crippen LogP contribution in [0.4, 0.5) is 4.39 Å². The lowest BCUT2D eigenvalue weighted by atomic mass is 10.1. The van der Waals surface area contributed by atoms with Crippen LogP contribution in [-0.4, -0.2) is 12.9 Å². The van der Waals surface area contributed by atoms with Crippen molar-refractivity contribution in [2.75, 3.05) is 6.61 Å². The van der Waals surface area contributed by atoms with E-state index in [4.69, 9.17) is 4.74 Å². The van der Waals surface area contributed by atoms with Crippen LogP contribution < -0.4 is 4.74 Å². The van der Waals surface area contributed by atoms with Gasteiger partial charge in [0.1, 0.15) is 24.5 Å². The minimum Gasteiger partial charge on any atom is -0.488 e. The predicted octanol–water partition coefficient (Wildman–Crippen LogP) is 2.44. The van der Waals surface area contributed by atoms with Gasteiger partial charge in [-0.1, -0.05) is 0 Å². The summed E-state index contributed by atoms with van der Waals surface area (Å²) in [6.45, 7) is 0.429. The summed E-state index contributed by atoms with van der Waals surface area (Å²) in [5.41, 5.74) is 1.15. The molecular formula is C12H9FO2. The molecule has 1 aliphatic rings. The van der Waals surface area contributed by atoms with Crippen molar-refractivity contribution in [2.45, 2.75) is 0 Å². The summed E-state index contributed by atoms with van der Waals surface area (Å²) in [6, 6.07) is 2.95. The number of ether oxygens (including phenoxy) is 1. The number of rotatable bonds is 2. The number of halogens is 1. The Bertz CT molecular complexity index is 447. The summed E-state index contributed by atoms with van der Waals surface area (Å²) in [7, 11) is 0. The third kappa shape index (κ3) is 1.81. The molecule has 0 fully saturated rings. The Morgan fingerprint density at radius 3 is 3.07 bits per heavy atom. The Morgan fingerprint density at radius 2 is 2.27 bits per heavy atom. The molecule has 0 spiro atoms. The van der Waals surface area contributed by atoms with Crippen molar-refractivity contribution in [1.82, 2.24) is 0 Å². The second-order valence-corrected chi connectivity index (χ2v) is 3.09. The monoisotopic (exact) mass is 204 g/mol. The molecule has 15 heavy (non-hydrogen) atoms. The Hall–Kier alpha value is -1.90. The van der Waals surface area contributed by atoms with Gasteiger partial charge >= 0.3 is 0 Å². The molecular weight excluding hydrogens is 195 g/mol. The molecule has 1 aromatic carbocycles. The Balaban J connectivity index is 2.53. The van der Waals surface area contributed by atoms with Gasteiger partial charge in [-0.25, -0.2) is 4.39 Å². The lowest BCUT2D eigenvalue weighted by molar-refractivity contribution is -0.104. The maximum atomic E-state index is 13.3. The summed E-state index contributed by atoms with van der Waals surface area (Å²) >= 11 is 0. The molecule has 0 amide bonds. The van der Waals surface area contributed by atoms with Crippen molar-refractivity contribution in [3.8, 4) is 5.75 Å². The highest BCUT2D eigenvalue weighted by molar-refractivity contribution is 5.77. The Kier molecular flexibility index (Phi) is 2.63. The maximum absolute atomic E-state index is 13.3. The van der Waals surface area contributed by atoms with E-state index in [-0.39, 0.29) is 5.82 Å². The highest BCUT2D eigenvalue weighted by Gasteiger charge is 2.13. The first-order valence-electron chi connectivity index (χ1n) is 4.56. The quantitative estimate of drug-likeness (QED) is 0.546. The summed E-state index contributed by atoms with van der Waals surface area (Å²) in [4.78, 5) is 10.2. The van der Waals surface area contributed by atoms with Gasteiger partial charge in [-0.3, -0.25) is 4.79 Å². The number of hydrogen-bond donors (Lipinski definition) is 0. The van der Waals surface area contributed by atoms with Gasteiger partial charge in [0.05, 0.1) is 5.56 Å². The van der Waals surface area contributed by atoms with Gasteiger partial charge in [-0.05, 0) is 36.4 Å². The first kappa shape index (κ1) is 9.65. The number of benzene rings is 1. The molecule has 0 unspecified atom stereocenters. The SMILES string of the molecule is O=CC=Cc1ccc(F)c2c1OCC=C2. The molecule has 1 heterocycles. The predicted molar refractivity (Wildman–Crippen MR) is 56.0 cm³/mol. The summed E-state index contributed by atoms with van der Waals surface area (Å²) in [5, 5.41) is 0. The fraction of sp³-hybridized carbons (Fsp3) is 0.0833. The average Bonchev–Trinajstić information content (AvgIpc) is 2.29. The van der Waals surface area contributed by atoms with Gasteiger partial charge in [0, 0.05) is 5.56 Å². The molecule has 0 saturated carbocycles. The van der Waals surface area contributed by atoms with Crippen LogP contribution in [0.2, 0.25) is 0 Å². The van der Waals surface area contributed by atoms with Crippen LogP contribution >= 0.6 is 0 Å². The highest BCUT2D eigenvalue weighted by atomic mass is 19.1. The second kappa shape index (κ2) is 4.09. The average molecular weight is 204 g/mol. The van der Waals surface area contributed by atoms with Gasteiger partial charge in [0.2, 0.25) is 0 Å². The minimum atomic E-state index is -0.316. The largest absolute Gasteiger partial charge is 0.488 e. The van der Waals surface area contributed by atoms with Gasteiger partial charge in [0.15, 0.2) is 0 Å². The molecule has 0 aromatic heterocycles. The number of carbonyl (C=O) groups excluding carboxylic acids is 1. The molecule has 0 saturated heterocycles. The number of carbonyl (C=O) groups is 1. The molecule has 0 N–H and O–H groups in total.